The van der Waals surface area contributed by atoms with Crippen LogP contribution in [0.15, 0.2) is 12.4 Å². The summed E-state index contributed by atoms with van der Waals surface area (Å²) in [6, 6.07) is 0. The van der Waals surface area contributed by atoms with Gasteiger partial charge in [-0.3, -0.25) is 14.7 Å². The smallest absolute Gasteiger partial charge is 0.274 e. The summed E-state index contributed by atoms with van der Waals surface area (Å²) in [4.78, 5) is 24.7. The number of hydrogen-bond donors (Lipinski definition) is 2. The molecule has 2 fully saturated rings. The van der Waals surface area contributed by atoms with E-state index in [1.54, 1.807) is 0 Å². The van der Waals surface area contributed by atoms with Crippen LogP contribution < -0.4 is 11.3 Å². The quantitative estimate of drug-likeness (QED) is 0.591. The maximum absolute atomic E-state index is 12.3. The van der Waals surface area contributed by atoms with Gasteiger partial charge in [0.1, 0.15) is 5.69 Å². The highest BCUT2D eigenvalue weighted by Gasteiger charge is 2.28. The molecule has 2 heterocycles. The Hall–Kier alpha value is -1.73. The molecule has 0 spiro atoms. The molecule has 1 aromatic heterocycles. The summed E-state index contributed by atoms with van der Waals surface area (Å²) in [7, 11) is 0. The number of carbonyl (C=O) groups is 1. The molecule has 1 amide bonds. The predicted molar refractivity (Wildman–Crippen MR) is 74.9 cm³/mol. The van der Waals surface area contributed by atoms with E-state index >= 15 is 0 Å². The molecule has 7 heteroatoms. The number of carbonyl (C=O) groups excluding carboxylic acids is 1. The molecule has 0 aromatic carbocycles. The molecule has 7 nitrogen and oxygen atoms in total. The van der Waals surface area contributed by atoms with E-state index in [-0.39, 0.29) is 5.91 Å². The van der Waals surface area contributed by atoms with Crippen molar-refractivity contribution >= 4 is 11.7 Å². The average molecular weight is 276 g/mol. The lowest BCUT2D eigenvalue weighted by Crippen LogP contribution is -2.49. The largest absolute Gasteiger partial charge is 0.335 e. The summed E-state index contributed by atoms with van der Waals surface area (Å²) in [5.74, 6) is 6.52. The number of nitrogens with two attached hydrogens (primary N) is 1. The number of nitrogens with zero attached hydrogens (tertiary/aromatic N) is 4. The van der Waals surface area contributed by atoms with Crippen molar-refractivity contribution in [3.8, 4) is 0 Å². The molecule has 0 unspecified atom stereocenters. The number of rotatable bonds is 4. The topological polar surface area (TPSA) is 87.4 Å². The van der Waals surface area contributed by atoms with Gasteiger partial charge < -0.3 is 10.3 Å². The Morgan fingerprint density at radius 1 is 1.30 bits per heavy atom. The highest BCUT2D eigenvalue weighted by Crippen LogP contribution is 2.29. The maximum atomic E-state index is 12.3. The third-order valence-corrected chi connectivity index (χ3v) is 3.87. The van der Waals surface area contributed by atoms with E-state index in [1.807, 2.05) is 4.90 Å². The van der Waals surface area contributed by atoms with Crippen molar-refractivity contribution in [3.05, 3.63) is 18.1 Å². The van der Waals surface area contributed by atoms with Gasteiger partial charge in [0.05, 0.1) is 12.4 Å². The van der Waals surface area contributed by atoms with E-state index in [0.29, 0.717) is 11.5 Å². The normalized spacial score (nSPS) is 19.9. The number of nitrogens with one attached hydrogen (secondary N) is 1. The summed E-state index contributed by atoms with van der Waals surface area (Å²) in [6.07, 6.45) is 5.71. The number of amides is 1. The number of hydrazine groups is 1. The first-order valence-corrected chi connectivity index (χ1v) is 7.06. The molecule has 1 aliphatic heterocycles. The first-order valence-electron chi connectivity index (χ1n) is 7.06. The minimum absolute atomic E-state index is 0.0688. The van der Waals surface area contributed by atoms with Crippen LogP contribution in [-0.2, 0) is 0 Å². The second kappa shape index (κ2) is 5.72. The fraction of sp³-hybridized carbons (Fsp3) is 0.615. The SMILES string of the molecule is NNc1cncc(C(=O)N2CCN(CC3CC3)CC2)n1. The highest BCUT2D eigenvalue weighted by molar-refractivity contribution is 5.92. The Kier molecular flexibility index (Phi) is 3.79. The monoisotopic (exact) mass is 276 g/mol. The van der Waals surface area contributed by atoms with Gasteiger partial charge in [-0.2, -0.15) is 0 Å². The van der Waals surface area contributed by atoms with Crippen LogP contribution in [0.2, 0.25) is 0 Å². The molecule has 0 radical (unpaired) electrons. The van der Waals surface area contributed by atoms with Gasteiger partial charge in [0.2, 0.25) is 0 Å². The van der Waals surface area contributed by atoms with Gasteiger partial charge in [0.15, 0.2) is 5.82 Å². The molecule has 0 bridgehead atoms. The molecule has 2 aliphatic rings. The standard InChI is InChI=1S/C13H20N6O/c14-17-12-8-15-7-11(16-12)13(20)19-5-3-18(4-6-19)9-10-1-2-10/h7-8,10H,1-6,9,14H2,(H,16,17). The van der Waals surface area contributed by atoms with E-state index < -0.39 is 0 Å². The molecule has 1 aromatic rings. The van der Waals surface area contributed by atoms with Crippen LogP contribution in [0.4, 0.5) is 5.82 Å². The Bertz CT molecular complexity index is 482. The minimum Gasteiger partial charge on any atom is -0.335 e. The van der Waals surface area contributed by atoms with E-state index in [4.69, 9.17) is 5.84 Å². The number of piperazine rings is 1. The van der Waals surface area contributed by atoms with Gasteiger partial charge in [-0.15, -0.1) is 0 Å². The Morgan fingerprint density at radius 3 is 2.70 bits per heavy atom. The zero-order chi connectivity index (χ0) is 13.9. The van der Waals surface area contributed by atoms with Gasteiger partial charge in [0, 0.05) is 32.7 Å². The molecule has 108 valence electrons. The van der Waals surface area contributed by atoms with Crippen molar-refractivity contribution in [1.82, 2.24) is 19.8 Å². The third kappa shape index (κ3) is 3.05. The zero-order valence-electron chi connectivity index (χ0n) is 11.5. The summed E-state index contributed by atoms with van der Waals surface area (Å²) >= 11 is 0. The van der Waals surface area contributed by atoms with Crippen molar-refractivity contribution in [1.29, 1.82) is 0 Å². The fourth-order valence-electron chi connectivity index (χ4n) is 2.50. The highest BCUT2D eigenvalue weighted by atomic mass is 16.2. The van der Waals surface area contributed by atoms with Gasteiger partial charge in [-0.1, -0.05) is 0 Å². The zero-order valence-corrected chi connectivity index (χ0v) is 11.5. The number of nitrogen functional groups attached to an aromatic ring is 1. The van der Waals surface area contributed by atoms with Crippen molar-refractivity contribution in [2.24, 2.45) is 11.8 Å². The molecule has 3 rings (SSSR count). The van der Waals surface area contributed by atoms with Crippen LogP contribution >= 0.6 is 0 Å². The van der Waals surface area contributed by atoms with Crippen molar-refractivity contribution in [3.63, 3.8) is 0 Å². The molecule has 1 saturated heterocycles. The van der Waals surface area contributed by atoms with Gasteiger partial charge >= 0.3 is 0 Å². The second-order valence-electron chi connectivity index (χ2n) is 5.47. The average Bonchev–Trinajstić information content (AvgIpc) is 3.31. The summed E-state index contributed by atoms with van der Waals surface area (Å²) in [5, 5.41) is 0. The first kappa shape index (κ1) is 13.3. The summed E-state index contributed by atoms with van der Waals surface area (Å²) in [6.45, 7) is 4.60. The fourth-order valence-corrected chi connectivity index (χ4v) is 2.50. The van der Waals surface area contributed by atoms with Crippen molar-refractivity contribution in [2.45, 2.75) is 12.8 Å². The molecular formula is C13H20N6O. The Morgan fingerprint density at radius 2 is 2.05 bits per heavy atom. The summed E-state index contributed by atoms with van der Waals surface area (Å²) in [5.41, 5.74) is 2.75. The van der Waals surface area contributed by atoms with E-state index in [0.717, 1.165) is 32.1 Å². The van der Waals surface area contributed by atoms with Crippen LogP contribution in [0.5, 0.6) is 0 Å². The lowest BCUT2D eigenvalue weighted by Gasteiger charge is -2.34. The molecule has 3 N–H and O–H groups in total. The first-order chi connectivity index (χ1) is 9.76. The maximum Gasteiger partial charge on any atom is 0.274 e. The molecule has 20 heavy (non-hydrogen) atoms. The molecule has 1 saturated carbocycles. The minimum atomic E-state index is -0.0688. The number of anilines is 1. The Labute approximate surface area is 118 Å². The number of hydrogen-bond acceptors (Lipinski definition) is 6. The van der Waals surface area contributed by atoms with E-state index in [1.165, 1.54) is 31.8 Å². The lowest BCUT2D eigenvalue weighted by molar-refractivity contribution is 0.0626. The van der Waals surface area contributed by atoms with Crippen LogP contribution in [0, 0.1) is 5.92 Å². The van der Waals surface area contributed by atoms with Crippen LogP contribution in [-0.4, -0.2) is 58.4 Å². The molecule has 0 atom stereocenters. The Balaban J connectivity index is 1.57. The molecule has 1 aliphatic carbocycles. The van der Waals surface area contributed by atoms with Crippen molar-refractivity contribution in [2.75, 3.05) is 38.1 Å². The molecular weight excluding hydrogens is 256 g/mol. The lowest BCUT2D eigenvalue weighted by atomic mass is 10.2. The summed E-state index contributed by atoms with van der Waals surface area (Å²) < 4.78 is 0. The van der Waals surface area contributed by atoms with Gasteiger partial charge in [-0.25, -0.2) is 10.8 Å². The van der Waals surface area contributed by atoms with E-state index in [2.05, 4.69) is 20.3 Å². The third-order valence-electron chi connectivity index (χ3n) is 3.87. The number of aromatic nitrogens is 2. The van der Waals surface area contributed by atoms with Crippen LogP contribution in [0.25, 0.3) is 0 Å². The van der Waals surface area contributed by atoms with Crippen LogP contribution in [0.3, 0.4) is 0 Å². The van der Waals surface area contributed by atoms with Gasteiger partial charge in [0.25, 0.3) is 5.91 Å². The van der Waals surface area contributed by atoms with Gasteiger partial charge in [-0.05, 0) is 18.8 Å². The van der Waals surface area contributed by atoms with E-state index in [9.17, 15) is 4.79 Å². The predicted octanol–water partition coefficient (Wildman–Crippen LogP) is -0.0700. The van der Waals surface area contributed by atoms with Crippen LogP contribution in [0.1, 0.15) is 23.3 Å². The second-order valence-corrected chi connectivity index (χ2v) is 5.47. The van der Waals surface area contributed by atoms with Crippen molar-refractivity contribution < 1.29 is 4.79 Å².